The summed E-state index contributed by atoms with van der Waals surface area (Å²) >= 11 is 1.57. The first-order valence-electron chi connectivity index (χ1n) is 5.15. The van der Waals surface area contributed by atoms with Gasteiger partial charge in [-0.05, 0) is 24.8 Å². The van der Waals surface area contributed by atoms with Gasteiger partial charge in [0, 0.05) is 17.5 Å². The molecule has 1 aromatic rings. The molecule has 2 unspecified atom stereocenters. The van der Waals surface area contributed by atoms with Crippen LogP contribution in [0.15, 0.2) is 17.5 Å². The Bertz CT molecular complexity index is 367. The second kappa shape index (κ2) is 6.03. The molecule has 2 nitrogen and oxygen atoms in total. The minimum Gasteiger partial charge on any atom is -0.312 e. The average Bonchev–Trinajstić information content (AvgIpc) is 2.69. The fraction of sp³-hybridized carbons (Fsp3) is 0.545. The number of thiophene rings is 1. The highest BCUT2D eigenvalue weighted by Crippen LogP contribution is 2.25. The molecular formula is C11H13F3N2S. The average molecular weight is 262 g/mol. The van der Waals surface area contributed by atoms with Gasteiger partial charge in [0.15, 0.2) is 5.92 Å². The second-order valence-electron chi connectivity index (χ2n) is 3.82. The molecular weight excluding hydrogens is 249 g/mol. The van der Waals surface area contributed by atoms with E-state index in [-0.39, 0.29) is 12.6 Å². The van der Waals surface area contributed by atoms with Crippen LogP contribution in [0.2, 0.25) is 0 Å². The van der Waals surface area contributed by atoms with Crippen molar-refractivity contribution < 1.29 is 13.2 Å². The Balaban J connectivity index is 2.37. The van der Waals surface area contributed by atoms with Crippen molar-refractivity contribution in [3.63, 3.8) is 0 Å². The first-order chi connectivity index (χ1) is 7.93. The van der Waals surface area contributed by atoms with Crippen molar-refractivity contribution in [2.75, 3.05) is 6.54 Å². The lowest BCUT2D eigenvalue weighted by molar-refractivity contribution is -0.157. The van der Waals surface area contributed by atoms with Crippen LogP contribution in [0.5, 0.6) is 0 Å². The maximum Gasteiger partial charge on any atom is 0.405 e. The molecule has 0 radical (unpaired) electrons. The van der Waals surface area contributed by atoms with Crippen molar-refractivity contribution in [1.82, 2.24) is 5.32 Å². The molecule has 0 aliphatic carbocycles. The highest BCUT2D eigenvalue weighted by atomic mass is 32.1. The van der Waals surface area contributed by atoms with Gasteiger partial charge in [-0.2, -0.15) is 18.4 Å². The molecule has 0 spiro atoms. The Morgan fingerprint density at radius 1 is 1.53 bits per heavy atom. The van der Waals surface area contributed by atoms with Crippen molar-refractivity contribution in [2.45, 2.75) is 25.6 Å². The Labute approximate surface area is 102 Å². The molecule has 94 valence electrons. The molecule has 1 N–H and O–H groups in total. The lowest BCUT2D eigenvalue weighted by Gasteiger charge is -2.17. The van der Waals surface area contributed by atoms with Gasteiger partial charge in [0.25, 0.3) is 0 Å². The third kappa shape index (κ3) is 4.75. The van der Waals surface area contributed by atoms with E-state index in [9.17, 15) is 13.2 Å². The first-order valence-corrected chi connectivity index (χ1v) is 6.03. The van der Waals surface area contributed by atoms with Crippen molar-refractivity contribution in [3.8, 4) is 6.07 Å². The summed E-state index contributed by atoms with van der Waals surface area (Å²) in [5.74, 6) is -1.94. The lowest BCUT2D eigenvalue weighted by atomic mass is 10.1. The largest absolute Gasteiger partial charge is 0.405 e. The maximum atomic E-state index is 12.3. The standard InChI is InChI=1S/C11H13F3N2S/c1-8(5-10-3-2-4-17-10)16-7-9(6-15)11(12,13)14/h2-4,8-9,16H,5,7H2,1H3. The summed E-state index contributed by atoms with van der Waals surface area (Å²) in [6, 6.07) is 5.04. The topological polar surface area (TPSA) is 35.8 Å². The van der Waals surface area contributed by atoms with E-state index in [0.717, 1.165) is 4.88 Å². The fourth-order valence-electron chi connectivity index (χ4n) is 1.36. The van der Waals surface area contributed by atoms with Crippen LogP contribution in [0, 0.1) is 17.2 Å². The molecule has 0 aromatic carbocycles. The summed E-state index contributed by atoms with van der Waals surface area (Å²) in [5, 5.41) is 13.1. The third-order valence-corrected chi connectivity index (χ3v) is 3.21. The molecule has 6 heteroatoms. The Morgan fingerprint density at radius 3 is 2.71 bits per heavy atom. The van der Waals surface area contributed by atoms with E-state index in [1.54, 1.807) is 11.3 Å². The van der Waals surface area contributed by atoms with Crippen LogP contribution in [-0.4, -0.2) is 18.8 Å². The zero-order chi connectivity index (χ0) is 12.9. The first kappa shape index (κ1) is 14.0. The summed E-state index contributed by atoms with van der Waals surface area (Å²) in [6.45, 7) is 1.46. The number of halogens is 3. The number of nitriles is 1. The summed E-state index contributed by atoms with van der Waals surface area (Å²) in [6.07, 6.45) is -3.78. The molecule has 0 saturated heterocycles. The summed E-state index contributed by atoms with van der Waals surface area (Å²) in [5.41, 5.74) is 0. The Morgan fingerprint density at radius 2 is 2.24 bits per heavy atom. The highest BCUT2D eigenvalue weighted by Gasteiger charge is 2.39. The molecule has 0 bridgehead atoms. The van der Waals surface area contributed by atoms with Crippen LogP contribution < -0.4 is 5.32 Å². The molecule has 1 heterocycles. The minimum absolute atomic E-state index is 0.0770. The number of hydrogen-bond acceptors (Lipinski definition) is 3. The molecule has 1 aromatic heterocycles. The predicted molar refractivity (Wildman–Crippen MR) is 60.6 cm³/mol. The van der Waals surface area contributed by atoms with Gasteiger partial charge < -0.3 is 5.32 Å². The summed E-state index contributed by atoms with van der Waals surface area (Å²) in [4.78, 5) is 1.12. The Kier molecular flexibility index (Phi) is 4.97. The summed E-state index contributed by atoms with van der Waals surface area (Å²) in [7, 11) is 0. The van der Waals surface area contributed by atoms with E-state index in [1.165, 1.54) is 6.07 Å². The number of hydrogen-bond donors (Lipinski definition) is 1. The quantitative estimate of drug-likeness (QED) is 0.885. The van der Waals surface area contributed by atoms with Gasteiger partial charge in [-0.1, -0.05) is 6.07 Å². The van der Waals surface area contributed by atoms with E-state index in [1.807, 2.05) is 24.4 Å². The maximum absolute atomic E-state index is 12.3. The molecule has 17 heavy (non-hydrogen) atoms. The van der Waals surface area contributed by atoms with E-state index in [2.05, 4.69) is 5.32 Å². The van der Waals surface area contributed by atoms with Crippen LogP contribution in [0.3, 0.4) is 0 Å². The zero-order valence-corrected chi connectivity index (χ0v) is 10.1. The van der Waals surface area contributed by atoms with Gasteiger partial charge in [0.05, 0.1) is 6.07 Å². The number of nitrogens with zero attached hydrogens (tertiary/aromatic N) is 1. The van der Waals surface area contributed by atoms with E-state index >= 15 is 0 Å². The van der Waals surface area contributed by atoms with Gasteiger partial charge in [0.2, 0.25) is 0 Å². The highest BCUT2D eigenvalue weighted by molar-refractivity contribution is 7.09. The van der Waals surface area contributed by atoms with Crippen LogP contribution in [-0.2, 0) is 6.42 Å². The second-order valence-corrected chi connectivity index (χ2v) is 4.85. The van der Waals surface area contributed by atoms with Gasteiger partial charge >= 0.3 is 6.18 Å². The number of nitrogens with one attached hydrogen (secondary N) is 1. The molecule has 0 aliphatic rings. The lowest BCUT2D eigenvalue weighted by Crippen LogP contribution is -2.37. The van der Waals surface area contributed by atoms with Gasteiger partial charge in [-0.15, -0.1) is 11.3 Å². The van der Waals surface area contributed by atoms with Crippen LogP contribution in [0.4, 0.5) is 13.2 Å². The van der Waals surface area contributed by atoms with Crippen LogP contribution >= 0.6 is 11.3 Å². The van der Waals surface area contributed by atoms with Crippen molar-refractivity contribution >= 4 is 11.3 Å². The monoisotopic (exact) mass is 262 g/mol. The van der Waals surface area contributed by atoms with Gasteiger partial charge in [0.1, 0.15) is 0 Å². The number of alkyl halides is 3. The zero-order valence-electron chi connectivity index (χ0n) is 9.29. The van der Waals surface area contributed by atoms with Gasteiger partial charge in [-0.3, -0.25) is 0 Å². The van der Waals surface area contributed by atoms with Crippen molar-refractivity contribution in [1.29, 1.82) is 5.26 Å². The molecule has 0 saturated carbocycles. The molecule has 1 rings (SSSR count). The third-order valence-electron chi connectivity index (χ3n) is 2.31. The molecule has 0 fully saturated rings. The van der Waals surface area contributed by atoms with E-state index < -0.39 is 12.1 Å². The predicted octanol–water partition coefficient (Wildman–Crippen LogP) is 2.97. The normalized spacial score (nSPS) is 15.2. The van der Waals surface area contributed by atoms with Crippen LogP contribution in [0.1, 0.15) is 11.8 Å². The fourth-order valence-corrected chi connectivity index (χ4v) is 2.19. The van der Waals surface area contributed by atoms with E-state index in [4.69, 9.17) is 5.26 Å². The Hall–Kier alpha value is -1.06. The molecule has 2 atom stereocenters. The SMILES string of the molecule is CC(Cc1cccs1)NCC(C#N)C(F)(F)F. The van der Waals surface area contributed by atoms with Crippen LogP contribution in [0.25, 0.3) is 0 Å². The molecule has 0 aliphatic heterocycles. The van der Waals surface area contributed by atoms with Crippen molar-refractivity contribution in [3.05, 3.63) is 22.4 Å². The van der Waals surface area contributed by atoms with Crippen molar-refractivity contribution in [2.24, 2.45) is 5.92 Å². The number of rotatable bonds is 5. The smallest absolute Gasteiger partial charge is 0.312 e. The van der Waals surface area contributed by atoms with Gasteiger partial charge in [-0.25, -0.2) is 0 Å². The van der Waals surface area contributed by atoms with E-state index in [0.29, 0.717) is 6.42 Å². The summed E-state index contributed by atoms with van der Waals surface area (Å²) < 4.78 is 36.9. The minimum atomic E-state index is -4.45. The molecule has 0 amide bonds.